The first-order valence-electron chi connectivity index (χ1n) is 10.6. The maximum Gasteiger partial charge on any atom is 0.253 e. The standard InChI is InChI=1S/C24H23N5OS2/c25-23-26-27-24(32-23)31-15-20(30)29-22(17-10-5-2-6-11-17)19-13-7-12-18(21(19)28-29)14-16-8-3-1-4-9-16/h1-6,8-11,14,19,22H,7,12-13,15H2,(H2,25,26)/b18-14+. The molecule has 3 aromatic rings. The number of hydrogen-bond acceptors (Lipinski definition) is 7. The number of thioether (sulfide) groups is 1. The Morgan fingerprint density at radius 3 is 2.59 bits per heavy atom. The van der Waals surface area contributed by atoms with Crippen molar-refractivity contribution in [3.63, 3.8) is 0 Å². The van der Waals surface area contributed by atoms with Crippen LogP contribution in [0.4, 0.5) is 5.13 Å². The second-order valence-electron chi connectivity index (χ2n) is 7.85. The van der Waals surface area contributed by atoms with E-state index < -0.39 is 0 Å². The van der Waals surface area contributed by atoms with Gasteiger partial charge in [0, 0.05) is 5.92 Å². The van der Waals surface area contributed by atoms with E-state index in [1.807, 2.05) is 36.4 Å². The van der Waals surface area contributed by atoms with Crippen LogP contribution in [0.2, 0.25) is 0 Å². The number of amides is 1. The van der Waals surface area contributed by atoms with Crippen LogP contribution in [0.3, 0.4) is 0 Å². The highest BCUT2D eigenvalue weighted by Crippen LogP contribution is 2.44. The number of fused-ring (bicyclic) bond motifs is 1. The predicted molar refractivity (Wildman–Crippen MR) is 130 cm³/mol. The number of hydrogen-bond donors (Lipinski definition) is 1. The van der Waals surface area contributed by atoms with Gasteiger partial charge in [-0.15, -0.1) is 10.2 Å². The van der Waals surface area contributed by atoms with E-state index in [-0.39, 0.29) is 23.6 Å². The Labute approximate surface area is 195 Å². The van der Waals surface area contributed by atoms with Gasteiger partial charge in [-0.3, -0.25) is 4.79 Å². The van der Waals surface area contributed by atoms with E-state index in [0.29, 0.717) is 9.47 Å². The molecule has 1 aliphatic carbocycles. The summed E-state index contributed by atoms with van der Waals surface area (Å²) in [5.74, 6) is 0.421. The number of anilines is 1. The van der Waals surface area contributed by atoms with Crippen LogP contribution in [-0.2, 0) is 4.79 Å². The molecule has 0 saturated heterocycles. The molecule has 1 saturated carbocycles. The molecule has 5 rings (SSSR count). The number of hydrazone groups is 1. The smallest absolute Gasteiger partial charge is 0.253 e. The summed E-state index contributed by atoms with van der Waals surface area (Å²) in [5, 5.41) is 14.9. The number of allylic oxidation sites excluding steroid dienone is 1. The van der Waals surface area contributed by atoms with Crippen LogP contribution in [0, 0.1) is 5.92 Å². The fourth-order valence-electron chi connectivity index (χ4n) is 4.41. The molecule has 2 unspecified atom stereocenters. The molecular weight excluding hydrogens is 438 g/mol. The number of nitrogens with zero attached hydrogens (tertiary/aromatic N) is 4. The van der Waals surface area contributed by atoms with Crippen LogP contribution in [0.15, 0.2) is 75.7 Å². The van der Waals surface area contributed by atoms with Crippen LogP contribution in [0.25, 0.3) is 6.08 Å². The van der Waals surface area contributed by atoms with Gasteiger partial charge in [-0.25, -0.2) is 5.01 Å². The monoisotopic (exact) mass is 461 g/mol. The summed E-state index contributed by atoms with van der Waals surface area (Å²) in [6.45, 7) is 0. The second-order valence-corrected chi connectivity index (χ2v) is 10.1. The van der Waals surface area contributed by atoms with Gasteiger partial charge in [0.1, 0.15) is 0 Å². The third-order valence-corrected chi connectivity index (χ3v) is 7.65. The molecule has 6 nitrogen and oxygen atoms in total. The highest BCUT2D eigenvalue weighted by molar-refractivity contribution is 8.01. The fourth-order valence-corrected chi connectivity index (χ4v) is 5.90. The molecule has 2 aromatic carbocycles. The van der Waals surface area contributed by atoms with Gasteiger partial charge in [0.05, 0.1) is 17.5 Å². The van der Waals surface area contributed by atoms with E-state index in [1.54, 1.807) is 5.01 Å². The highest BCUT2D eigenvalue weighted by atomic mass is 32.2. The van der Waals surface area contributed by atoms with Crippen LogP contribution in [0.1, 0.15) is 36.4 Å². The Bertz CT molecular complexity index is 1160. The zero-order valence-corrected chi connectivity index (χ0v) is 19.1. The molecule has 8 heteroatoms. The Balaban J connectivity index is 1.46. The van der Waals surface area contributed by atoms with Gasteiger partial charge in [0.15, 0.2) is 4.34 Å². The number of carbonyl (C=O) groups is 1. The average molecular weight is 462 g/mol. The van der Waals surface area contributed by atoms with Crippen molar-refractivity contribution in [2.45, 2.75) is 29.6 Å². The van der Waals surface area contributed by atoms with E-state index >= 15 is 0 Å². The van der Waals surface area contributed by atoms with Crippen molar-refractivity contribution in [2.75, 3.05) is 11.5 Å². The van der Waals surface area contributed by atoms with Crippen LogP contribution >= 0.6 is 23.1 Å². The summed E-state index contributed by atoms with van der Waals surface area (Å²) in [5.41, 5.74) is 10.2. The van der Waals surface area contributed by atoms with E-state index in [0.717, 1.165) is 36.1 Å². The zero-order chi connectivity index (χ0) is 21.9. The van der Waals surface area contributed by atoms with Gasteiger partial charge in [-0.1, -0.05) is 83.8 Å². The molecule has 32 heavy (non-hydrogen) atoms. The van der Waals surface area contributed by atoms with Crippen molar-refractivity contribution < 1.29 is 4.79 Å². The van der Waals surface area contributed by atoms with Crippen molar-refractivity contribution in [1.82, 2.24) is 15.2 Å². The Morgan fingerprint density at radius 2 is 1.88 bits per heavy atom. The van der Waals surface area contributed by atoms with E-state index in [4.69, 9.17) is 10.8 Å². The van der Waals surface area contributed by atoms with Crippen LogP contribution in [0.5, 0.6) is 0 Å². The van der Waals surface area contributed by atoms with Crippen LogP contribution < -0.4 is 5.73 Å². The molecule has 0 radical (unpaired) electrons. The summed E-state index contributed by atoms with van der Waals surface area (Å²) in [6.07, 6.45) is 5.31. The number of aromatic nitrogens is 2. The zero-order valence-electron chi connectivity index (χ0n) is 17.4. The molecule has 162 valence electrons. The summed E-state index contributed by atoms with van der Waals surface area (Å²) in [4.78, 5) is 13.3. The third-order valence-electron chi connectivity index (χ3n) is 5.78. The van der Waals surface area contributed by atoms with Gasteiger partial charge >= 0.3 is 0 Å². The lowest BCUT2D eigenvalue weighted by Crippen LogP contribution is -2.32. The lowest BCUT2D eigenvalue weighted by atomic mass is 9.77. The largest absolute Gasteiger partial charge is 0.374 e. The SMILES string of the molecule is Nc1nnc(SCC(=O)N2N=C3/C(=C/c4ccccc4)CCCC3C2c2ccccc2)s1. The molecule has 1 amide bonds. The Kier molecular flexibility index (Phi) is 6.05. The molecule has 0 bridgehead atoms. The first kappa shape index (κ1) is 20.9. The van der Waals surface area contributed by atoms with E-state index in [2.05, 4.69) is 40.5 Å². The molecule has 1 fully saturated rings. The van der Waals surface area contributed by atoms with Crippen molar-refractivity contribution in [2.24, 2.45) is 11.0 Å². The summed E-state index contributed by atoms with van der Waals surface area (Å²) >= 11 is 2.65. The van der Waals surface area contributed by atoms with Crippen molar-refractivity contribution in [3.05, 3.63) is 77.4 Å². The van der Waals surface area contributed by atoms with Gasteiger partial charge in [0.2, 0.25) is 5.13 Å². The summed E-state index contributed by atoms with van der Waals surface area (Å²) in [6, 6.07) is 20.5. The molecule has 2 N–H and O–H groups in total. The Hall–Kier alpha value is -2.97. The molecule has 1 aliphatic heterocycles. The molecule has 2 atom stereocenters. The highest BCUT2D eigenvalue weighted by Gasteiger charge is 2.43. The molecule has 2 heterocycles. The first-order valence-corrected chi connectivity index (χ1v) is 12.4. The molecular formula is C24H23N5OS2. The number of nitrogen functional groups attached to an aromatic ring is 1. The normalized spacial score (nSPS) is 21.4. The minimum absolute atomic E-state index is 0.0291. The fraction of sp³-hybridized carbons (Fsp3) is 0.250. The number of carbonyl (C=O) groups excluding carboxylic acids is 1. The van der Waals surface area contributed by atoms with Gasteiger partial charge in [0.25, 0.3) is 5.91 Å². The molecule has 1 aromatic heterocycles. The lowest BCUT2D eigenvalue weighted by molar-refractivity contribution is -0.130. The molecule has 2 aliphatic rings. The van der Waals surface area contributed by atoms with Gasteiger partial charge in [-0.2, -0.15) is 5.10 Å². The van der Waals surface area contributed by atoms with Gasteiger partial charge in [-0.05, 0) is 42.0 Å². The number of rotatable bonds is 5. The minimum atomic E-state index is -0.0849. The summed E-state index contributed by atoms with van der Waals surface area (Å²) in [7, 11) is 0. The quantitative estimate of drug-likeness (QED) is 0.539. The van der Waals surface area contributed by atoms with E-state index in [9.17, 15) is 4.79 Å². The minimum Gasteiger partial charge on any atom is -0.374 e. The summed E-state index contributed by atoms with van der Waals surface area (Å²) < 4.78 is 0.695. The average Bonchev–Trinajstić information content (AvgIpc) is 3.43. The van der Waals surface area contributed by atoms with Crippen LogP contribution in [-0.4, -0.2) is 32.6 Å². The second kappa shape index (κ2) is 9.26. The first-order chi connectivity index (χ1) is 15.7. The maximum atomic E-state index is 13.3. The predicted octanol–water partition coefficient (Wildman–Crippen LogP) is 5.04. The Morgan fingerprint density at radius 1 is 1.12 bits per heavy atom. The van der Waals surface area contributed by atoms with E-state index in [1.165, 1.54) is 28.7 Å². The topological polar surface area (TPSA) is 84.5 Å². The number of benzene rings is 2. The van der Waals surface area contributed by atoms with Crippen molar-refractivity contribution in [1.29, 1.82) is 0 Å². The maximum absolute atomic E-state index is 13.3. The third kappa shape index (κ3) is 4.33. The number of nitrogens with two attached hydrogens (primary N) is 1. The lowest BCUT2D eigenvalue weighted by Gasteiger charge is -2.29. The van der Waals surface area contributed by atoms with Crippen molar-refractivity contribution >= 4 is 45.9 Å². The molecule has 0 spiro atoms. The van der Waals surface area contributed by atoms with Crippen molar-refractivity contribution in [3.8, 4) is 0 Å². The van der Waals surface area contributed by atoms with Gasteiger partial charge < -0.3 is 5.73 Å².